The molecule has 1 N–H and O–H groups in total. The van der Waals surface area contributed by atoms with Crippen molar-refractivity contribution in [2.75, 3.05) is 0 Å². The first kappa shape index (κ1) is 10.8. The molecule has 0 fully saturated rings. The fourth-order valence-corrected chi connectivity index (χ4v) is 1.63. The van der Waals surface area contributed by atoms with E-state index in [1.807, 2.05) is 0 Å². The second kappa shape index (κ2) is 4.05. The van der Waals surface area contributed by atoms with Crippen LogP contribution in [-0.2, 0) is 0 Å². The van der Waals surface area contributed by atoms with Gasteiger partial charge in [0.05, 0.1) is 10.0 Å². The molecule has 1 aromatic carbocycles. The zero-order valence-corrected chi connectivity index (χ0v) is 9.36. The minimum absolute atomic E-state index is 0.0595. The Balaban J connectivity index is 2.63. The lowest BCUT2D eigenvalue weighted by atomic mass is 10.1. The first-order valence-electron chi connectivity index (χ1n) is 4.22. The van der Waals surface area contributed by atoms with E-state index in [9.17, 15) is 9.18 Å². The maximum Gasteiger partial charge on any atom is 0.358 e. The van der Waals surface area contributed by atoms with E-state index in [1.165, 1.54) is 12.1 Å². The van der Waals surface area contributed by atoms with E-state index in [4.69, 9.17) is 9.52 Å². The molecule has 1 aromatic heterocycles. The van der Waals surface area contributed by atoms with Gasteiger partial charge in [-0.15, -0.1) is 0 Å². The number of halogens is 2. The lowest BCUT2D eigenvalue weighted by Gasteiger charge is -2.01. The average molecular weight is 286 g/mol. The SMILES string of the molecule is O=C(O)c1ncoc1-c1cccc(Br)c1F. The van der Waals surface area contributed by atoms with Gasteiger partial charge in [-0.2, -0.15) is 0 Å². The first-order chi connectivity index (χ1) is 7.61. The second-order valence-electron chi connectivity index (χ2n) is 2.94. The molecule has 0 amide bonds. The van der Waals surface area contributed by atoms with Gasteiger partial charge in [0, 0.05) is 0 Å². The average Bonchev–Trinajstić information content (AvgIpc) is 2.70. The van der Waals surface area contributed by atoms with Gasteiger partial charge in [-0.05, 0) is 28.1 Å². The molecular weight excluding hydrogens is 281 g/mol. The van der Waals surface area contributed by atoms with Gasteiger partial charge in [-0.3, -0.25) is 0 Å². The lowest BCUT2D eigenvalue weighted by Crippen LogP contribution is -1.99. The summed E-state index contributed by atoms with van der Waals surface area (Å²) in [7, 11) is 0. The highest BCUT2D eigenvalue weighted by molar-refractivity contribution is 9.10. The highest BCUT2D eigenvalue weighted by Gasteiger charge is 2.20. The predicted molar refractivity (Wildman–Crippen MR) is 56.6 cm³/mol. The van der Waals surface area contributed by atoms with Gasteiger partial charge in [-0.1, -0.05) is 6.07 Å². The quantitative estimate of drug-likeness (QED) is 0.921. The van der Waals surface area contributed by atoms with Crippen LogP contribution in [0.3, 0.4) is 0 Å². The van der Waals surface area contributed by atoms with Crippen LogP contribution in [-0.4, -0.2) is 16.1 Å². The van der Waals surface area contributed by atoms with E-state index in [-0.39, 0.29) is 21.5 Å². The van der Waals surface area contributed by atoms with Crippen LogP contribution in [0.15, 0.2) is 33.5 Å². The second-order valence-corrected chi connectivity index (χ2v) is 3.79. The van der Waals surface area contributed by atoms with Crippen molar-refractivity contribution in [3.05, 3.63) is 40.6 Å². The van der Waals surface area contributed by atoms with E-state index in [2.05, 4.69) is 20.9 Å². The first-order valence-corrected chi connectivity index (χ1v) is 5.01. The summed E-state index contributed by atoms with van der Waals surface area (Å²) in [4.78, 5) is 14.3. The molecule has 2 aromatic rings. The van der Waals surface area contributed by atoms with Gasteiger partial charge in [0.2, 0.25) is 0 Å². The molecule has 0 aliphatic heterocycles. The molecule has 0 spiro atoms. The summed E-state index contributed by atoms with van der Waals surface area (Å²) in [5.41, 5.74) is -0.249. The molecule has 0 aliphatic rings. The molecule has 0 aliphatic carbocycles. The molecule has 6 heteroatoms. The van der Waals surface area contributed by atoms with Crippen molar-refractivity contribution >= 4 is 21.9 Å². The smallest absolute Gasteiger partial charge is 0.358 e. The highest BCUT2D eigenvalue weighted by atomic mass is 79.9. The van der Waals surface area contributed by atoms with Gasteiger partial charge in [-0.25, -0.2) is 14.2 Å². The molecule has 0 bridgehead atoms. The minimum atomic E-state index is -1.26. The van der Waals surface area contributed by atoms with Crippen molar-refractivity contribution in [3.8, 4) is 11.3 Å². The number of hydrogen-bond acceptors (Lipinski definition) is 3. The fourth-order valence-electron chi connectivity index (χ4n) is 1.27. The molecule has 1 heterocycles. The number of aromatic carboxylic acids is 1. The number of nitrogens with zero attached hydrogens (tertiary/aromatic N) is 1. The van der Waals surface area contributed by atoms with Gasteiger partial charge in [0.15, 0.2) is 17.8 Å². The van der Waals surface area contributed by atoms with E-state index >= 15 is 0 Å². The Labute approximate surface area is 97.9 Å². The Bertz CT molecular complexity index is 553. The molecule has 16 heavy (non-hydrogen) atoms. The summed E-state index contributed by atoms with van der Waals surface area (Å²) in [6, 6.07) is 4.51. The Morgan fingerprint density at radius 2 is 2.25 bits per heavy atom. The van der Waals surface area contributed by atoms with Crippen molar-refractivity contribution in [3.63, 3.8) is 0 Å². The Hall–Kier alpha value is -1.69. The van der Waals surface area contributed by atoms with Crippen LogP contribution in [0, 0.1) is 5.82 Å². The third kappa shape index (κ3) is 1.71. The number of carbonyl (C=O) groups is 1. The van der Waals surface area contributed by atoms with Crippen LogP contribution in [0.1, 0.15) is 10.5 Å². The summed E-state index contributed by atoms with van der Waals surface area (Å²) < 4.78 is 18.8. The molecular formula is C10H5BrFNO3. The lowest BCUT2D eigenvalue weighted by molar-refractivity contribution is 0.0691. The van der Waals surface area contributed by atoms with Crippen molar-refractivity contribution in [1.29, 1.82) is 0 Å². The highest BCUT2D eigenvalue weighted by Crippen LogP contribution is 2.29. The number of aromatic nitrogens is 1. The monoisotopic (exact) mass is 285 g/mol. The summed E-state index contributed by atoms with van der Waals surface area (Å²) >= 11 is 3.01. The topological polar surface area (TPSA) is 63.3 Å². The van der Waals surface area contributed by atoms with E-state index < -0.39 is 11.8 Å². The van der Waals surface area contributed by atoms with Crippen molar-refractivity contribution < 1.29 is 18.7 Å². The van der Waals surface area contributed by atoms with Crippen molar-refractivity contribution in [1.82, 2.24) is 4.98 Å². The Kier molecular flexibility index (Phi) is 2.74. The number of benzene rings is 1. The number of carboxylic acids is 1. The zero-order valence-electron chi connectivity index (χ0n) is 7.78. The summed E-state index contributed by atoms with van der Waals surface area (Å²) in [5.74, 6) is -1.93. The Morgan fingerprint density at radius 1 is 1.50 bits per heavy atom. The van der Waals surface area contributed by atoms with Gasteiger partial charge in [0.1, 0.15) is 5.82 Å². The van der Waals surface area contributed by atoms with Crippen LogP contribution < -0.4 is 0 Å². The standard InChI is InChI=1S/C10H5BrFNO3/c11-6-3-1-2-5(7(6)12)9-8(10(14)15)13-4-16-9/h1-4H,(H,14,15). The summed E-state index contributed by atoms with van der Waals surface area (Å²) in [6.07, 6.45) is 0.971. The molecule has 0 saturated heterocycles. The van der Waals surface area contributed by atoms with E-state index in [0.717, 1.165) is 6.39 Å². The maximum absolute atomic E-state index is 13.7. The van der Waals surface area contributed by atoms with Crippen LogP contribution in [0.25, 0.3) is 11.3 Å². The molecule has 0 saturated carbocycles. The van der Waals surface area contributed by atoms with Crippen LogP contribution >= 0.6 is 15.9 Å². The zero-order chi connectivity index (χ0) is 11.7. The largest absolute Gasteiger partial charge is 0.476 e. The van der Waals surface area contributed by atoms with Gasteiger partial charge in [0.25, 0.3) is 0 Å². The van der Waals surface area contributed by atoms with Crippen LogP contribution in [0.5, 0.6) is 0 Å². The third-order valence-electron chi connectivity index (χ3n) is 1.97. The summed E-state index contributed by atoms with van der Waals surface area (Å²) in [6.45, 7) is 0. The summed E-state index contributed by atoms with van der Waals surface area (Å²) in [5, 5.41) is 8.82. The van der Waals surface area contributed by atoms with E-state index in [1.54, 1.807) is 6.07 Å². The van der Waals surface area contributed by atoms with Crippen molar-refractivity contribution in [2.45, 2.75) is 0 Å². The predicted octanol–water partition coefficient (Wildman–Crippen LogP) is 2.94. The van der Waals surface area contributed by atoms with E-state index in [0.29, 0.717) is 0 Å². The molecule has 4 nitrogen and oxygen atoms in total. The van der Waals surface area contributed by atoms with Crippen LogP contribution in [0.2, 0.25) is 0 Å². The molecule has 0 unspecified atom stereocenters. The fraction of sp³-hybridized carbons (Fsp3) is 0. The normalized spacial score (nSPS) is 10.4. The number of rotatable bonds is 2. The number of hydrogen-bond donors (Lipinski definition) is 1. The third-order valence-corrected chi connectivity index (χ3v) is 2.58. The molecule has 2 rings (SSSR count). The van der Waals surface area contributed by atoms with Gasteiger partial charge < -0.3 is 9.52 Å². The molecule has 0 radical (unpaired) electrons. The van der Waals surface area contributed by atoms with Gasteiger partial charge >= 0.3 is 5.97 Å². The number of oxazole rings is 1. The van der Waals surface area contributed by atoms with Crippen LogP contribution in [0.4, 0.5) is 4.39 Å². The number of carboxylic acid groups (broad SMARTS) is 1. The Morgan fingerprint density at radius 3 is 2.94 bits per heavy atom. The maximum atomic E-state index is 13.7. The molecule has 82 valence electrons. The van der Waals surface area contributed by atoms with Crippen molar-refractivity contribution in [2.24, 2.45) is 0 Å². The minimum Gasteiger partial charge on any atom is -0.476 e. The molecule has 0 atom stereocenters.